The minimum Gasteiger partial charge on any atom is -0.326 e. The summed E-state index contributed by atoms with van der Waals surface area (Å²) < 4.78 is 1.70. The van der Waals surface area contributed by atoms with Crippen molar-refractivity contribution in [3.05, 3.63) is 64.4 Å². The molecule has 0 spiro atoms. The topological polar surface area (TPSA) is 88.9 Å². The van der Waals surface area contributed by atoms with Crippen LogP contribution in [0.3, 0.4) is 0 Å². The summed E-state index contributed by atoms with van der Waals surface area (Å²) in [6.07, 6.45) is 0.0592. The van der Waals surface area contributed by atoms with Crippen LogP contribution in [-0.4, -0.2) is 32.3 Å². The first kappa shape index (κ1) is 21.2. The molecule has 0 atom stereocenters. The van der Waals surface area contributed by atoms with Crippen molar-refractivity contribution in [2.75, 3.05) is 16.4 Å². The van der Waals surface area contributed by atoms with E-state index >= 15 is 0 Å². The number of thioether (sulfide) groups is 1. The average Bonchev–Trinajstić information content (AvgIpc) is 3.03. The molecule has 7 nitrogen and oxygen atoms in total. The van der Waals surface area contributed by atoms with Gasteiger partial charge in [0.05, 0.1) is 12.2 Å². The Morgan fingerprint density at radius 2 is 1.41 bits per heavy atom. The van der Waals surface area contributed by atoms with Crippen LogP contribution in [0.4, 0.5) is 11.4 Å². The Bertz CT molecular complexity index is 1010. The number of amides is 2. The molecule has 0 radical (unpaired) electrons. The summed E-state index contributed by atoms with van der Waals surface area (Å²) in [5.74, 6) is 0.255. The summed E-state index contributed by atoms with van der Waals surface area (Å²) in [4.78, 5) is 24.3. The third-order valence-electron chi connectivity index (χ3n) is 3.83. The van der Waals surface area contributed by atoms with E-state index in [4.69, 9.17) is 23.2 Å². The van der Waals surface area contributed by atoms with E-state index in [1.54, 1.807) is 60.1 Å². The lowest BCUT2D eigenvalue weighted by atomic mass is 10.3. The van der Waals surface area contributed by atoms with Crippen molar-refractivity contribution in [2.24, 2.45) is 7.05 Å². The number of aromatic nitrogens is 3. The Kier molecular flexibility index (Phi) is 7.13. The zero-order valence-electron chi connectivity index (χ0n) is 15.4. The van der Waals surface area contributed by atoms with Crippen molar-refractivity contribution >= 4 is 58.2 Å². The molecule has 2 aromatic carbocycles. The molecule has 3 rings (SSSR count). The van der Waals surface area contributed by atoms with Crippen LogP contribution >= 0.6 is 35.0 Å². The molecular formula is C19H17Cl2N5O2S. The van der Waals surface area contributed by atoms with Gasteiger partial charge in [-0.05, 0) is 48.5 Å². The normalized spacial score (nSPS) is 10.6. The molecule has 2 N–H and O–H groups in total. The number of rotatable bonds is 7. The van der Waals surface area contributed by atoms with E-state index in [9.17, 15) is 9.59 Å². The molecule has 0 aliphatic heterocycles. The number of nitrogens with one attached hydrogen (secondary N) is 2. The predicted octanol–water partition coefficient (Wildman–Crippen LogP) is 4.03. The first-order valence-corrected chi connectivity index (χ1v) is 10.3. The third kappa shape index (κ3) is 6.22. The van der Waals surface area contributed by atoms with E-state index in [2.05, 4.69) is 20.8 Å². The highest BCUT2D eigenvalue weighted by atomic mass is 35.5. The van der Waals surface area contributed by atoms with E-state index in [0.717, 1.165) is 0 Å². The highest BCUT2D eigenvalue weighted by molar-refractivity contribution is 7.99. The Balaban J connectivity index is 1.51. The van der Waals surface area contributed by atoms with Crippen LogP contribution in [0.2, 0.25) is 10.0 Å². The van der Waals surface area contributed by atoms with Gasteiger partial charge in [-0.25, -0.2) is 0 Å². The molecule has 0 bridgehead atoms. The highest BCUT2D eigenvalue weighted by Gasteiger charge is 2.14. The Labute approximate surface area is 181 Å². The van der Waals surface area contributed by atoms with Crippen molar-refractivity contribution in [1.82, 2.24) is 14.8 Å². The minimum absolute atomic E-state index is 0.0592. The van der Waals surface area contributed by atoms with Crippen LogP contribution in [0.1, 0.15) is 5.82 Å². The van der Waals surface area contributed by atoms with Crippen LogP contribution in [0.25, 0.3) is 0 Å². The first-order valence-electron chi connectivity index (χ1n) is 8.52. The highest BCUT2D eigenvalue weighted by Crippen LogP contribution is 2.18. The van der Waals surface area contributed by atoms with E-state index in [0.29, 0.717) is 32.4 Å². The SMILES string of the molecule is Cn1c(CC(=O)Nc2ccc(Cl)cc2)nnc1SCC(=O)Nc1ccc(Cl)cc1. The molecule has 0 saturated heterocycles. The van der Waals surface area contributed by atoms with Crippen molar-refractivity contribution in [1.29, 1.82) is 0 Å². The smallest absolute Gasteiger partial charge is 0.234 e. The largest absolute Gasteiger partial charge is 0.326 e. The van der Waals surface area contributed by atoms with Crippen LogP contribution in [0.5, 0.6) is 0 Å². The van der Waals surface area contributed by atoms with Gasteiger partial charge in [-0.15, -0.1) is 10.2 Å². The lowest BCUT2D eigenvalue weighted by Gasteiger charge is -2.07. The van der Waals surface area contributed by atoms with Gasteiger partial charge in [0.15, 0.2) is 5.16 Å². The molecule has 3 aromatic rings. The second-order valence-corrected chi connectivity index (χ2v) is 7.85. The minimum atomic E-state index is -0.222. The van der Waals surface area contributed by atoms with Crippen molar-refractivity contribution in [2.45, 2.75) is 11.6 Å². The second-order valence-electron chi connectivity index (χ2n) is 6.03. The van der Waals surface area contributed by atoms with Crippen molar-refractivity contribution in [3.8, 4) is 0 Å². The van der Waals surface area contributed by atoms with Gasteiger partial charge in [0.2, 0.25) is 11.8 Å². The Morgan fingerprint density at radius 3 is 1.97 bits per heavy atom. The zero-order valence-corrected chi connectivity index (χ0v) is 17.7. The van der Waals surface area contributed by atoms with Gasteiger partial charge in [0, 0.05) is 28.5 Å². The number of hydrogen-bond donors (Lipinski definition) is 2. The van der Waals surface area contributed by atoms with Crippen LogP contribution in [0, 0.1) is 0 Å². The Morgan fingerprint density at radius 1 is 0.897 bits per heavy atom. The number of anilines is 2. The third-order valence-corrected chi connectivity index (χ3v) is 5.36. The molecule has 29 heavy (non-hydrogen) atoms. The quantitative estimate of drug-likeness (QED) is 0.531. The standard InChI is InChI=1S/C19H17Cl2N5O2S/c1-26-16(10-17(27)22-14-6-2-12(20)3-7-14)24-25-19(26)29-11-18(28)23-15-8-4-13(21)5-9-15/h2-9H,10-11H2,1H3,(H,22,27)(H,23,28). The molecule has 1 aromatic heterocycles. The maximum Gasteiger partial charge on any atom is 0.234 e. The molecule has 0 unspecified atom stereocenters. The lowest BCUT2D eigenvalue weighted by Crippen LogP contribution is -2.17. The molecule has 2 amide bonds. The molecule has 0 saturated carbocycles. The maximum absolute atomic E-state index is 12.2. The monoisotopic (exact) mass is 449 g/mol. The van der Waals surface area contributed by atoms with Crippen LogP contribution in [-0.2, 0) is 23.1 Å². The summed E-state index contributed by atoms with van der Waals surface area (Å²) in [5, 5.41) is 15.4. The van der Waals surface area contributed by atoms with Crippen LogP contribution in [0.15, 0.2) is 53.7 Å². The van der Waals surface area contributed by atoms with Gasteiger partial charge < -0.3 is 15.2 Å². The average molecular weight is 450 g/mol. The molecule has 0 aliphatic rings. The maximum atomic E-state index is 12.2. The van der Waals surface area contributed by atoms with E-state index in [1.807, 2.05) is 0 Å². The summed E-state index contributed by atoms with van der Waals surface area (Å²) in [6, 6.07) is 13.7. The molecule has 0 fully saturated rings. The van der Waals surface area contributed by atoms with Gasteiger partial charge in [0.1, 0.15) is 5.82 Å². The number of carbonyl (C=O) groups excluding carboxylic acids is 2. The number of halogens is 2. The number of hydrogen-bond acceptors (Lipinski definition) is 5. The Hall–Kier alpha value is -2.55. The van der Waals surface area contributed by atoms with Crippen LogP contribution < -0.4 is 10.6 Å². The van der Waals surface area contributed by atoms with Gasteiger partial charge >= 0.3 is 0 Å². The fraction of sp³-hybridized carbons (Fsp3) is 0.158. The van der Waals surface area contributed by atoms with E-state index < -0.39 is 0 Å². The van der Waals surface area contributed by atoms with Crippen molar-refractivity contribution in [3.63, 3.8) is 0 Å². The summed E-state index contributed by atoms with van der Waals surface area (Å²) in [6.45, 7) is 0. The molecule has 0 aliphatic carbocycles. The summed E-state index contributed by atoms with van der Waals surface area (Å²) >= 11 is 12.9. The second kappa shape index (κ2) is 9.78. The molecule has 1 heterocycles. The fourth-order valence-corrected chi connectivity index (χ4v) is 3.35. The lowest BCUT2D eigenvalue weighted by molar-refractivity contribution is -0.116. The molecular weight excluding hydrogens is 433 g/mol. The van der Waals surface area contributed by atoms with Gasteiger partial charge in [0.25, 0.3) is 0 Å². The summed E-state index contributed by atoms with van der Waals surface area (Å²) in [5.41, 5.74) is 1.31. The van der Waals surface area contributed by atoms with Gasteiger partial charge in [-0.1, -0.05) is 35.0 Å². The molecule has 150 valence electrons. The van der Waals surface area contributed by atoms with Gasteiger partial charge in [-0.2, -0.15) is 0 Å². The first-order chi connectivity index (χ1) is 13.9. The number of carbonyl (C=O) groups is 2. The van der Waals surface area contributed by atoms with E-state index in [1.165, 1.54) is 11.8 Å². The van der Waals surface area contributed by atoms with E-state index in [-0.39, 0.29) is 24.0 Å². The van der Waals surface area contributed by atoms with Crippen molar-refractivity contribution < 1.29 is 9.59 Å². The summed E-state index contributed by atoms with van der Waals surface area (Å²) in [7, 11) is 1.75. The zero-order chi connectivity index (χ0) is 20.8. The number of nitrogens with zero attached hydrogens (tertiary/aromatic N) is 3. The number of benzene rings is 2. The van der Waals surface area contributed by atoms with Gasteiger partial charge in [-0.3, -0.25) is 9.59 Å². The molecule has 10 heteroatoms. The predicted molar refractivity (Wildman–Crippen MR) is 116 cm³/mol. The fourth-order valence-electron chi connectivity index (χ4n) is 2.37.